The molecule has 1 saturated carbocycles. The molecule has 2 heterocycles. The molecule has 116 valence electrons. The summed E-state index contributed by atoms with van der Waals surface area (Å²) in [6.07, 6.45) is 5.32. The molecule has 1 saturated heterocycles. The van der Waals surface area contributed by atoms with Gasteiger partial charge in [0.2, 0.25) is 17.8 Å². The second kappa shape index (κ2) is 6.89. The van der Waals surface area contributed by atoms with E-state index in [9.17, 15) is 0 Å². The molecule has 0 bridgehead atoms. The van der Waals surface area contributed by atoms with Gasteiger partial charge in [0.25, 0.3) is 0 Å². The summed E-state index contributed by atoms with van der Waals surface area (Å²) < 4.78 is 5.37. The molecule has 3 rings (SSSR count). The van der Waals surface area contributed by atoms with E-state index in [1.165, 1.54) is 25.7 Å². The summed E-state index contributed by atoms with van der Waals surface area (Å²) in [6, 6.07) is 0. The fourth-order valence-corrected chi connectivity index (χ4v) is 2.46. The minimum Gasteiger partial charge on any atom is -0.378 e. The first kappa shape index (κ1) is 14.3. The molecule has 2 N–H and O–H groups in total. The first-order chi connectivity index (χ1) is 10.3. The van der Waals surface area contributed by atoms with Crippen molar-refractivity contribution < 1.29 is 4.74 Å². The molecule has 1 aliphatic carbocycles. The second-order valence-corrected chi connectivity index (χ2v) is 5.64. The van der Waals surface area contributed by atoms with Crippen molar-refractivity contribution in [2.75, 3.05) is 55.4 Å². The van der Waals surface area contributed by atoms with E-state index in [0.717, 1.165) is 44.7 Å². The molecule has 7 nitrogen and oxygen atoms in total. The monoisotopic (exact) mass is 292 g/mol. The number of anilines is 3. The minimum absolute atomic E-state index is 0.608. The Morgan fingerprint density at radius 3 is 2.62 bits per heavy atom. The highest BCUT2D eigenvalue weighted by molar-refractivity contribution is 5.43. The molecule has 0 atom stereocenters. The molecular weight excluding hydrogens is 268 g/mol. The molecule has 7 heteroatoms. The fourth-order valence-electron chi connectivity index (χ4n) is 2.46. The lowest BCUT2D eigenvalue weighted by Crippen LogP contribution is -2.37. The van der Waals surface area contributed by atoms with Gasteiger partial charge in [-0.2, -0.15) is 15.0 Å². The molecule has 2 aliphatic rings. The van der Waals surface area contributed by atoms with Gasteiger partial charge in [-0.05, 0) is 18.8 Å². The maximum atomic E-state index is 5.37. The summed E-state index contributed by atoms with van der Waals surface area (Å²) in [5, 5.41) is 6.33. The van der Waals surface area contributed by atoms with Crippen LogP contribution in [0.25, 0.3) is 0 Å². The van der Waals surface area contributed by atoms with E-state index >= 15 is 0 Å². The number of hydrogen-bond acceptors (Lipinski definition) is 7. The number of morpholine rings is 1. The highest BCUT2D eigenvalue weighted by atomic mass is 16.5. The Hall–Kier alpha value is -1.63. The molecule has 1 aliphatic heterocycles. The van der Waals surface area contributed by atoms with Crippen LogP contribution in [0.15, 0.2) is 0 Å². The normalized spacial score (nSPS) is 18.6. The Morgan fingerprint density at radius 2 is 1.90 bits per heavy atom. The molecule has 1 aromatic rings. The number of aromatic nitrogens is 3. The average molecular weight is 292 g/mol. The lowest BCUT2D eigenvalue weighted by Gasteiger charge is -2.27. The van der Waals surface area contributed by atoms with Gasteiger partial charge in [-0.3, -0.25) is 0 Å². The molecule has 0 spiro atoms. The Labute approximate surface area is 125 Å². The molecule has 0 aromatic carbocycles. The van der Waals surface area contributed by atoms with Crippen molar-refractivity contribution in [1.29, 1.82) is 0 Å². The van der Waals surface area contributed by atoms with Gasteiger partial charge >= 0.3 is 0 Å². The van der Waals surface area contributed by atoms with Crippen molar-refractivity contribution in [2.24, 2.45) is 5.92 Å². The van der Waals surface area contributed by atoms with Crippen LogP contribution in [0, 0.1) is 5.92 Å². The van der Waals surface area contributed by atoms with E-state index in [1.54, 1.807) is 0 Å². The van der Waals surface area contributed by atoms with Crippen LogP contribution in [0.1, 0.15) is 25.7 Å². The molecule has 1 aromatic heterocycles. The van der Waals surface area contributed by atoms with Crippen LogP contribution in [0.4, 0.5) is 17.8 Å². The molecular formula is C14H24N6O. The number of nitrogens with one attached hydrogen (secondary N) is 2. The molecule has 2 fully saturated rings. The number of rotatable bonds is 7. The summed E-state index contributed by atoms with van der Waals surface area (Å²) in [5.41, 5.74) is 0. The van der Waals surface area contributed by atoms with Crippen LogP contribution in [0.3, 0.4) is 0 Å². The third-order valence-corrected chi connectivity index (χ3v) is 3.91. The maximum absolute atomic E-state index is 5.37. The van der Waals surface area contributed by atoms with Gasteiger partial charge in [-0.1, -0.05) is 12.8 Å². The third-order valence-electron chi connectivity index (χ3n) is 3.91. The van der Waals surface area contributed by atoms with Crippen molar-refractivity contribution in [1.82, 2.24) is 15.0 Å². The molecule has 21 heavy (non-hydrogen) atoms. The van der Waals surface area contributed by atoms with Crippen LogP contribution < -0.4 is 15.5 Å². The highest BCUT2D eigenvalue weighted by Crippen LogP contribution is 2.33. The van der Waals surface area contributed by atoms with Crippen LogP contribution in [0.2, 0.25) is 0 Å². The van der Waals surface area contributed by atoms with Crippen LogP contribution >= 0.6 is 0 Å². The van der Waals surface area contributed by atoms with Gasteiger partial charge < -0.3 is 20.3 Å². The van der Waals surface area contributed by atoms with Crippen molar-refractivity contribution >= 4 is 17.8 Å². The zero-order valence-electron chi connectivity index (χ0n) is 12.6. The molecule has 0 amide bonds. The van der Waals surface area contributed by atoms with Crippen molar-refractivity contribution in [3.05, 3.63) is 0 Å². The lowest BCUT2D eigenvalue weighted by atomic mass is 10.2. The largest absolute Gasteiger partial charge is 0.378 e. The second-order valence-electron chi connectivity index (χ2n) is 5.64. The van der Waals surface area contributed by atoms with E-state index in [4.69, 9.17) is 4.74 Å². The van der Waals surface area contributed by atoms with Crippen LogP contribution in [0.5, 0.6) is 0 Å². The van der Waals surface area contributed by atoms with Gasteiger partial charge in [-0.25, -0.2) is 0 Å². The fraction of sp³-hybridized carbons (Fsp3) is 0.786. The maximum Gasteiger partial charge on any atom is 0.232 e. The third kappa shape index (κ3) is 4.17. The standard InChI is InChI=1S/C14H24N6O/c1-15-12-17-13(16-6-2-3-11-4-5-11)19-14(18-12)20-7-9-21-10-8-20/h11H,2-10H2,1H3,(H2,15,16,17,18,19). The summed E-state index contributed by atoms with van der Waals surface area (Å²) >= 11 is 0. The molecule has 0 unspecified atom stereocenters. The summed E-state index contributed by atoms with van der Waals surface area (Å²) in [6.45, 7) is 4.03. The Balaban J connectivity index is 1.60. The van der Waals surface area contributed by atoms with E-state index in [1.807, 2.05) is 7.05 Å². The van der Waals surface area contributed by atoms with Crippen molar-refractivity contribution in [3.63, 3.8) is 0 Å². The minimum atomic E-state index is 0.608. The predicted molar refractivity (Wildman–Crippen MR) is 82.9 cm³/mol. The van der Waals surface area contributed by atoms with Crippen molar-refractivity contribution in [3.8, 4) is 0 Å². The van der Waals surface area contributed by atoms with E-state index < -0.39 is 0 Å². The van der Waals surface area contributed by atoms with E-state index in [2.05, 4.69) is 30.5 Å². The number of ether oxygens (including phenoxy) is 1. The zero-order valence-corrected chi connectivity index (χ0v) is 12.6. The van der Waals surface area contributed by atoms with E-state index in [0.29, 0.717) is 11.9 Å². The SMILES string of the molecule is CNc1nc(NCCCC2CC2)nc(N2CCOCC2)n1. The lowest BCUT2D eigenvalue weighted by molar-refractivity contribution is 0.122. The van der Waals surface area contributed by atoms with Crippen molar-refractivity contribution in [2.45, 2.75) is 25.7 Å². The smallest absolute Gasteiger partial charge is 0.232 e. The Kier molecular flexibility index (Phi) is 4.69. The Morgan fingerprint density at radius 1 is 1.14 bits per heavy atom. The summed E-state index contributed by atoms with van der Waals surface area (Å²) in [7, 11) is 1.83. The van der Waals surface area contributed by atoms with Crippen LogP contribution in [-0.4, -0.2) is 54.8 Å². The van der Waals surface area contributed by atoms with Gasteiger partial charge in [-0.15, -0.1) is 0 Å². The zero-order chi connectivity index (χ0) is 14.5. The van der Waals surface area contributed by atoms with Gasteiger partial charge in [0.15, 0.2) is 0 Å². The quantitative estimate of drug-likeness (QED) is 0.735. The number of nitrogens with zero attached hydrogens (tertiary/aromatic N) is 4. The summed E-state index contributed by atoms with van der Waals surface area (Å²) in [4.78, 5) is 15.5. The topological polar surface area (TPSA) is 75.2 Å². The average Bonchev–Trinajstić information content (AvgIpc) is 3.36. The predicted octanol–water partition coefficient (Wildman–Crippen LogP) is 1.35. The van der Waals surface area contributed by atoms with Crippen LogP contribution in [-0.2, 0) is 4.74 Å². The van der Waals surface area contributed by atoms with Gasteiger partial charge in [0.1, 0.15) is 0 Å². The van der Waals surface area contributed by atoms with Gasteiger partial charge in [0.05, 0.1) is 13.2 Å². The van der Waals surface area contributed by atoms with E-state index in [-0.39, 0.29) is 0 Å². The number of hydrogen-bond donors (Lipinski definition) is 2. The van der Waals surface area contributed by atoms with Gasteiger partial charge in [0, 0.05) is 26.7 Å². The first-order valence-corrected chi connectivity index (χ1v) is 7.85. The Bertz CT molecular complexity index is 459. The summed E-state index contributed by atoms with van der Waals surface area (Å²) in [5.74, 6) is 2.96. The molecule has 0 radical (unpaired) electrons. The first-order valence-electron chi connectivity index (χ1n) is 7.85. The highest BCUT2D eigenvalue weighted by Gasteiger charge is 2.20.